The lowest BCUT2D eigenvalue weighted by Crippen LogP contribution is -2.19. The summed E-state index contributed by atoms with van der Waals surface area (Å²) in [4.78, 5) is 0. The molecule has 20 heavy (non-hydrogen) atoms. The van der Waals surface area contributed by atoms with Gasteiger partial charge in [-0.25, -0.2) is 8.78 Å². The summed E-state index contributed by atoms with van der Waals surface area (Å²) in [5.74, 6) is -1.10. The summed E-state index contributed by atoms with van der Waals surface area (Å²) >= 11 is 6.44. The number of rotatable bonds is 4. The van der Waals surface area contributed by atoms with Crippen LogP contribution < -0.4 is 5.32 Å². The zero-order valence-corrected chi connectivity index (χ0v) is 13.9. The van der Waals surface area contributed by atoms with Gasteiger partial charge in [0, 0.05) is 22.6 Å². The maximum Gasteiger partial charge on any atom is 0.144 e. The highest BCUT2D eigenvalue weighted by Crippen LogP contribution is 2.23. The molecule has 0 saturated carbocycles. The van der Waals surface area contributed by atoms with Gasteiger partial charge in [-0.15, -0.1) is 0 Å². The molecule has 1 nitrogen and oxygen atoms in total. The van der Waals surface area contributed by atoms with Crippen LogP contribution in [-0.2, 0) is 6.54 Å². The van der Waals surface area contributed by atoms with Gasteiger partial charge in [-0.05, 0) is 52.7 Å². The average molecular weight is 405 g/mol. The smallest absolute Gasteiger partial charge is 0.144 e. The van der Waals surface area contributed by atoms with Crippen molar-refractivity contribution in [3.8, 4) is 0 Å². The van der Waals surface area contributed by atoms with Crippen LogP contribution in [0.15, 0.2) is 45.3 Å². The van der Waals surface area contributed by atoms with Gasteiger partial charge in [0.25, 0.3) is 0 Å². The number of hydrogen-bond acceptors (Lipinski definition) is 1. The molecule has 2 aromatic rings. The molecule has 2 aromatic carbocycles. The van der Waals surface area contributed by atoms with Gasteiger partial charge in [0.1, 0.15) is 11.6 Å². The minimum atomic E-state index is -0.555. The van der Waals surface area contributed by atoms with Crippen LogP contribution >= 0.6 is 31.9 Å². The van der Waals surface area contributed by atoms with Crippen LogP contribution in [0.4, 0.5) is 8.78 Å². The molecule has 0 aliphatic rings. The Morgan fingerprint density at radius 3 is 2.35 bits per heavy atom. The lowest BCUT2D eigenvalue weighted by molar-refractivity contribution is 0.506. The predicted octanol–water partition coefficient (Wildman–Crippen LogP) is 5.34. The standard InChI is InChI=1S/C15H13Br2F2N/c1-9(10-2-4-11(16)5-3-10)20-8-12-14(18)7-6-13(17)15(12)19/h2-7,9,20H,8H2,1H3. The number of halogens is 4. The van der Waals surface area contributed by atoms with Crippen molar-refractivity contribution in [1.82, 2.24) is 5.32 Å². The van der Waals surface area contributed by atoms with Crippen molar-refractivity contribution < 1.29 is 8.78 Å². The molecule has 0 aromatic heterocycles. The molecular formula is C15H13Br2F2N. The summed E-state index contributed by atoms with van der Waals surface area (Å²) in [7, 11) is 0. The van der Waals surface area contributed by atoms with E-state index in [0.717, 1.165) is 10.0 Å². The van der Waals surface area contributed by atoms with E-state index in [1.165, 1.54) is 12.1 Å². The Morgan fingerprint density at radius 2 is 1.70 bits per heavy atom. The van der Waals surface area contributed by atoms with Gasteiger partial charge in [-0.3, -0.25) is 0 Å². The van der Waals surface area contributed by atoms with Crippen LogP contribution in [0, 0.1) is 11.6 Å². The largest absolute Gasteiger partial charge is 0.306 e. The Kier molecular flexibility index (Phi) is 5.29. The number of benzene rings is 2. The molecule has 1 atom stereocenters. The second-order valence-corrected chi connectivity index (χ2v) is 6.25. The van der Waals surface area contributed by atoms with Crippen LogP contribution in [0.1, 0.15) is 24.1 Å². The molecule has 0 bridgehead atoms. The summed E-state index contributed by atoms with van der Waals surface area (Å²) in [5.41, 5.74) is 1.10. The van der Waals surface area contributed by atoms with E-state index < -0.39 is 11.6 Å². The third-order valence-electron chi connectivity index (χ3n) is 3.09. The molecule has 106 valence electrons. The fraction of sp³-hybridized carbons (Fsp3) is 0.200. The second-order valence-electron chi connectivity index (χ2n) is 4.48. The topological polar surface area (TPSA) is 12.0 Å². The third-order valence-corrected chi connectivity index (χ3v) is 4.24. The van der Waals surface area contributed by atoms with Gasteiger partial charge in [0.2, 0.25) is 0 Å². The Balaban J connectivity index is 2.09. The van der Waals surface area contributed by atoms with Crippen molar-refractivity contribution in [3.05, 3.63) is 68.1 Å². The van der Waals surface area contributed by atoms with E-state index in [9.17, 15) is 8.78 Å². The van der Waals surface area contributed by atoms with Crippen LogP contribution in [0.2, 0.25) is 0 Å². The summed E-state index contributed by atoms with van der Waals surface area (Å²) in [6.45, 7) is 2.09. The maximum atomic E-state index is 13.8. The van der Waals surface area contributed by atoms with E-state index in [1.54, 1.807) is 0 Å². The van der Waals surface area contributed by atoms with Crippen molar-refractivity contribution in [2.45, 2.75) is 19.5 Å². The van der Waals surface area contributed by atoms with E-state index in [-0.39, 0.29) is 22.6 Å². The molecule has 0 aliphatic heterocycles. The third kappa shape index (κ3) is 3.65. The van der Waals surface area contributed by atoms with Gasteiger partial charge < -0.3 is 5.32 Å². The molecule has 0 saturated heterocycles. The quantitative estimate of drug-likeness (QED) is 0.678. The molecule has 5 heteroatoms. The molecule has 1 N–H and O–H groups in total. The molecular weight excluding hydrogens is 392 g/mol. The van der Waals surface area contributed by atoms with Crippen LogP contribution in [-0.4, -0.2) is 0 Å². The maximum absolute atomic E-state index is 13.8. The van der Waals surface area contributed by atoms with Crippen molar-refractivity contribution in [2.24, 2.45) is 0 Å². The normalized spacial score (nSPS) is 12.4. The minimum Gasteiger partial charge on any atom is -0.306 e. The highest BCUT2D eigenvalue weighted by Gasteiger charge is 2.13. The first-order valence-electron chi connectivity index (χ1n) is 6.10. The molecule has 0 radical (unpaired) electrons. The van der Waals surface area contributed by atoms with E-state index in [4.69, 9.17) is 0 Å². The summed E-state index contributed by atoms with van der Waals surface area (Å²) in [5, 5.41) is 3.13. The second kappa shape index (κ2) is 6.78. The molecule has 2 rings (SSSR count). The van der Waals surface area contributed by atoms with Gasteiger partial charge in [-0.2, -0.15) is 0 Å². The molecule has 0 spiro atoms. The lowest BCUT2D eigenvalue weighted by Gasteiger charge is -2.15. The van der Waals surface area contributed by atoms with E-state index in [2.05, 4.69) is 37.2 Å². The highest BCUT2D eigenvalue weighted by molar-refractivity contribution is 9.10. The first kappa shape index (κ1) is 15.6. The predicted molar refractivity (Wildman–Crippen MR) is 83.5 cm³/mol. The van der Waals surface area contributed by atoms with Crippen LogP contribution in [0.3, 0.4) is 0 Å². The van der Waals surface area contributed by atoms with Crippen molar-refractivity contribution >= 4 is 31.9 Å². The monoisotopic (exact) mass is 403 g/mol. The summed E-state index contributed by atoms with van der Waals surface area (Å²) in [6, 6.07) is 10.4. The van der Waals surface area contributed by atoms with Gasteiger partial charge in [0.05, 0.1) is 4.47 Å². The van der Waals surface area contributed by atoms with Crippen LogP contribution in [0.25, 0.3) is 0 Å². The first-order chi connectivity index (χ1) is 9.49. The fourth-order valence-electron chi connectivity index (χ4n) is 1.86. The Labute approximate surface area is 133 Å². The zero-order valence-electron chi connectivity index (χ0n) is 10.8. The zero-order chi connectivity index (χ0) is 14.7. The Hall–Kier alpha value is -0.780. The SMILES string of the molecule is CC(NCc1c(F)ccc(Br)c1F)c1ccc(Br)cc1. The van der Waals surface area contributed by atoms with E-state index in [0.29, 0.717) is 0 Å². The Morgan fingerprint density at radius 1 is 1.05 bits per heavy atom. The van der Waals surface area contributed by atoms with Gasteiger partial charge in [-0.1, -0.05) is 28.1 Å². The first-order valence-corrected chi connectivity index (χ1v) is 7.69. The van der Waals surface area contributed by atoms with Crippen molar-refractivity contribution in [3.63, 3.8) is 0 Å². The molecule has 0 heterocycles. The number of nitrogens with one attached hydrogen (secondary N) is 1. The Bertz CT molecular complexity index is 600. The molecule has 0 amide bonds. The summed E-state index contributed by atoms with van der Waals surface area (Å²) < 4.78 is 28.7. The van der Waals surface area contributed by atoms with Gasteiger partial charge >= 0.3 is 0 Å². The van der Waals surface area contributed by atoms with E-state index in [1.807, 2.05) is 31.2 Å². The average Bonchev–Trinajstić information content (AvgIpc) is 2.43. The van der Waals surface area contributed by atoms with Crippen molar-refractivity contribution in [2.75, 3.05) is 0 Å². The molecule has 0 fully saturated rings. The van der Waals surface area contributed by atoms with Gasteiger partial charge in [0.15, 0.2) is 0 Å². The fourth-order valence-corrected chi connectivity index (χ4v) is 2.49. The number of hydrogen-bond donors (Lipinski definition) is 1. The lowest BCUT2D eigenvalue weighted by atomic mass is 10.1. The molecule has 0 aliphatic carbocycles. The molecule has 1 unspecified atom stereocenters. The van der Waals surface area contributed by atoms with Crippen LogP contribution in [0.5, 0.6) is 0 Å². The highest BCUT2D eigenvalue weighted by atomic mass is 79.9. The minimum absolute atomic E-state index is 0.000816. The summed E-state index contributed by atoms with van der Waals surface area (Å²) in [6.07, 6.45) is 0. The van der Waals surface area contributed by atoms with E-state index >= 15 is 0 Å². The van der Waals surface area contributed by atoms with Crippen molar-refractivity contribution in [1.29, 1.82) is 0 Å².